The van der Waals surface area contributed by atoms with E-state index in [1.165, 1.54) is 0 Å². The van der Waals surface area contributed by atoms with Crippen LogP contribution < -0.4 is 5.32 Å². The predicted octanol–water partition coefficient (Wildman–Crippen LogP) is -0.613. The van der Waals surface area contributed by atoms with E-state index in [0.717, 1.165) is 6.54 Å². The smallest absolute Gasteiger partial charge is 0.109 e. The maximum Gasteiger partial charge on any atom is 0.109 e. The Labute approximate surface area is 49.3 Å². The molecule has 0 heterocycles. The summed E-state index contributed by atoms with van der Waals surface area (Å²) in [5.41, 5.74) is 0. The van der Waals surface area contributed by atoms with Crippen LogP contribution in [0.4, 0.5) is 0 Å². The number of hydrogen-bond acceptors (Lipinski definition) is 2. The van der Waals surface area contributed by atoms with Gasteiger partial charge in [-0.15, -0.1) is 0 Å². The number of rotatable bonds is 4. The van der Waals surface area contributed by atoms with Crippen molar-refractivity contribution in [1.82, 2.24) is 5.32 Å². The second-order valence-electron chi connectivity index (χ2n) is 1.63. The molecule has 0 saturated carbocycles. The highest BCUT2D eigenvalue weighted by atomic mass is 16.3. The van der Waals surface area contributed by atoms with Crippen molar-refractivity contribution < 1.29 is 10.2 Å². The van der Waals surface area contributed by atoms with Gasteiger partial charge in [-0.2, -0.15) is 0 Å². The van der Waals surface area contributed by atoms with Gasteiger partial charge in [-0.25, -0.2) is 5.11 Å². The summed E-state index contributed by atoms with van der Waals surface area (Å²) >= 11 is 0. The molecule has 1 radical (unpaired) electrons. The molecular weight excluding hydrogens is 106 g/mol. The van der Waals surface area contributed by atoms with Gasteiger partial charge in [0, 0.05) is 6.54 Å². The van der Waals surface area contributed by atoms with Gasteiger partial charge in [0.25, 0.3) is 0 Å². The van der Waals surface area contributed by atoms with E-state index in [-0.39, 0.29) is 0 Å². The van der Waals surface area contributed by atoms with Gasteiger partial charge in [-0.05, 0) is 6.54 Å². The molecule has 1 unspecified atom stereocenters. The van der Waals surface area contributed by atoms with Gasteiger partial charge in [-0.1, -0.05) is 6.92 Å². The lowest BCUT2D eigenvalue weighted by atomic mass is 10.4. The first-order valence-corrected chi connectivity index (χ1v) is 2.78. The van der Waals surface area contributed by atoms with E-state index in [9.17, 15) is 5.11 Å². The molecule has 0 bridgehead atoms. The summed E-state index contributed by atoms with van der Waals surface area (Å²) < 4.78 is 0. The maximum absolute atomic E-state index is 9.85. The zero-order valence-corrected chi connectivity index (χ0v) is 5.05. The Hall–Kier alpha value is -0.120. The Balaban J connectivity index is 2.86. The van der Waals surface area contributed by atoms with E-state index in [2.05, 4.69) is 5.32 Å². The van der Waals surface area contributed by atoms with Gasteiger partial charge in [0.05, 0.1) is 6.10 Å². The summed E-state index contributed by atoms with van der Waals surface area (Å²) in [5, 5.41) is 21.3. The molecule has 3 heteroatoms. The molecule has 0 aliphatic carbocycles. The highest BCUT2D eigenvalue weighted by Crippen LogP contribution is 1.74. The molecule has 0 aromatic carbocycles. The van der Waals surface area contributed by atoms with E-state index < -0.39 is 12.7 Å². The minimum Gasteiger partial charge on any atom is -0.389 e. The molecule has 0 amide bonds. The van der Waals surface area contributed by atoms with Crippen LogP contribution in [-0.2, 0) is 5.11 Å². The zero-order valence-electron chi connectivity index (χ0n) is 5.05. The third-order valence-corrected chi connectivity index (χ3v) is 0.822. The van der Waals surface area contributed by atoms with Crippen LogP contribution in [0, 0.1) is 0 Å². The normalized spacial score (nSPS) is 13.9. The molecule has 0 aromatic rings. The predicted molar refractivity (Wildman–Crippen MR) is 30.1 cm³/mol. The first kappa shape index (κ1) is 7.88. The Morgan fingerprint density at radius 2 is 2.38 bits per heavy atom. The summed E-state index contributed by atoms with van der Waals surface area (Å²) in [6.45, 7) is 2.74. The van der Waals surface area contributed by atoms with Crippen LogP contribution in [0.2, 0.25) is 0 Å². The van der Waals surface area contributed by atoms with Gasteiger partial charge >= 0.3 is 0 Å². The second kappa shape index (κ2) is 5.03. The quantitative estimate of drug-likeness (QED) is 0.517. The highest BCUT2D eigenvalue weighted by molar-refractivity contribution is 4.53. The molecule has 0 aromatic heterocycles. The Bertz CT molecular complexity index is 49.7. The molecular formula is C5H12NO2. The molecule has 8 heavy (non-hydrogen) atoms. The molecule has 3 nitrogen and oxygen atoms in total. The largest absolute Gasteiger partial charge is 0.389 e. The molecule has 0 aliphatic rings. The van der Waals surface area contributed by atoms with Crippen LogP contribution in [0.1, 0.15) is 6.92 Å². The van der Waals surface area contributed by atoms with Crippen molar-refractivity contribution in [3.63, 3.8) is 0 Å². The van der Waals surface area contributed by atoms with Gasteiger partial charge in [0.2, 0.25) is 0 Å². The minimum atomic E-state index is -0.713. The molecule has 0 saturated heterocycles. The lowest BCUT2D eigenvalue weighted by molar-refractivity contribution is 0.0558. The van der Waals surface area contributed by atoms with Gasteiger partial charge in [-0.3, -0.25) is 0 Å². The van der Waals surface area contributed by atoms with Crippen LogP contribution in [0.15, 0.2) is 0 Å². The van der Waals surface area contributed by atoms with Gasteiger partial charge in [0.1, 0.15) is 6.61 Å². The van der Waals surface area contributed by atoms with Crippen LogP contribution in [0.25, 0.3) is 0 Å². The molecule has 1 atom stereocenters. The van der Waals surface area contributed by atoms with Gasteiger partial charge < -0.3 is 10.4 Å². The van der Waals surface area contributed by atoms with Gasteiger partial charge in [0.15, 0.2) is 0 Å². The fraction of sp³-hybridized carbons (Fsp3) is 1.00. The fourth-order valence-electron chi connectivity index (χ4n) is 0.370. The van der Waals surface area contributed by atoms with Crippen LogP contribution in [0.3, 0.4) is 0 Å². The fourth-order valence-corrected chi connectivity index (χ4v) is 0.370. The standard InChI is InChI=1S/C5H12NO2/c1-2-6-3-5(8)4-7/h5-6,8H,2-4H2,1H3. The lowest BCUT2D eigenvalue weighted by Crippen LogP contribution is -2.28. The Kier molecular flexibility index (Phi) is 4.95. The van der Waals surface area contributed by atoms with E-state index in [1.54, 1.807) is 0 Å². The average Bonchev–Trinajstić information content (AvgIpc) is 1.83. The summed E-state index contributed by atoms with van der Waals surface area (Å²) in [6.07, 6.45) is -0.713. The number of likely N-dealkylation sites (N-methyl/N-ethyl adjacent to an activating group) is 1. The molecule has 0 fully saturated rings. The number of hydrogen-bond donors (Lipinski definition) is 2. The third kappa shape index (κ3) is 4.05. The molecule has 49 valence electrons. The van der Waals surface area contributed by atoms with E-state index >= 15 is 0 Å². The van der Waals surface area contributed by atoms with Crippen molar-refractivity contribution in [3.8, 4) is 0 Å². The molecule has 2 N–H and O–H groups in total. The Morgan fingerprint density at radius 3 is 2.75 bits per heavy atom. The van der Waals surface area contributed by atoms with Crippen molar-refractivity contribution in [2.75, 3.05) is 19.7 Å². The second-order valence-corrected chi connectivity index (χ2v) is 1.63. The summed E-state index contributed by atoms with van der Waals surface area (Å²) in [4.78, 5) is 0. The third-order valence-electron chi connectivity index (χ3n) is 0.822. The molecule has 0 aliphatic heterocycles. The monoisotopic (exact) mass is 118 g/mol. The first-order valence-electron chi connectivity index (χ1n) is 2.78. The van der Waals surface area contributed by atoms with Crippen molar-refractivity contribution in [2.24, 2.45) is 0 Å². The zero-order chi connectivity index (χ0) is 6.41. The topological polar surface area (TPSA) is 52.2 Å². The molecule has 0 spiro atoms. The van der Waals surface area contributed by atoms with Crippen LogP contribution in [-0.4, -0.2) is 30.9 Å². The van der Waals surface area contributed by atoms with Crippen LogP contribution >= 0.6 is 0 Å². The minimum absolute atomic E-state index is 0.410. The molecule has 0 rings (SSSR count). The summed E-state index contributed by atoms with van der Waals surface area (Å²) in [6, 6.07) is 0. The average molecular weight is 118 g/mol. The number of aliphatic hydroxyl groups is 1. The highest BCUT2D eigenvalue weighted by Gasteiger charge is 1.98. The first-order chi connectivity index (χ1) is 3.81. The van der Waals surface area contributed by atoms with Crippen molar-refractivity contribution >= 4 is 0 Å². The van der Waals surface area contributed by atoms with E-state index in [4.69, 9.17) is 5.11 Å². The summed E-state index contributed by atoms with van der Waals surface area (Å²) in [5.74, 6) is 0. The lowest BCUT2D eigenvalue weighted by Gasteiger charge is -2.03. The number of aliphatic hydroxyl groups excluding tert-OH is 1. The maximum atomic E-state index is 9.85. The van der Waals surface area contributed by atoms with E-state index in [1.807, 2.05) is 6.92 Å². The van der Waals surface area contributed by atoms with Crippen molar-refractivity contribution in [3.05, 3.63) is 0 Å². The van der Waals surface area contributed by atoms with Crippen molar-refractivity contribution in [2.45, 2.75) is 13.0 Å². The number of nitrogens with one attached hydrogen (secondary N) is 1. The SMILES string of the molecule is CCNCC(O)C[O]. The van der Waals surface area contributed by atoms with E-state index in [0.29, 0.717) is 6.54 Å². The Morgan fingerprint density at radius 1 is 1.75 bits per heavy atom. The summed E-state index contributed by atoms with van der Waals surface area (Å²) in [7, 11) is 0. The van der Waals surface area contributed by atoms with Crippen molar-refractivity contribution in [1.29, 1.82) is 0 Å². The van der Waals surface area contributed by atoms with Crippen LogP contribution in [0.5, 0.6) is 0 Å².